The zero-order chi connectivity index (χ0) is 30.6. The van der Waals surface area contributed by atoms with E-state index in [0.29, 0.717) is 4.90 Å². The zero-order valence-corrected chi connectivity index (χ0v) is 21.2. The number of rotatable bonds is 11. The van der Waals surface area contributed by atoms with Gasteiger partial charge in [-0.3, -0.25) is 49.1 Å². The maximum absolute atomic E-state index is 12.8. The van der Waals surface area contributed by atoms with E-state index < -0.39 is 64.9 Å². The topological polar surface area (TPSA) is 210 Å². The Morgan fingerprint density at radius 2 is 1.19 bits per heavy atom. The maximum atomic E-state index is 12.8. The van der Waals surface area contributed by atoms with Gasteiger partial charge in [0.25, 0.3) is 23.2 Å². The lowest BCUT2D eigenvalue weighted by Crippen LogP contribution is -2.36. The van der Waals surface area contributed by atoms with Crippen LogP contribution in [0.15, 0.2) is 66.7 Å². The van der Waals surface area contributed by atoms with Gasteiger partial charge in [0.2, 0.25) is 11.6 Å². The molecular formula is C27H17N3O12. The second kappa shape index (κ2) is 12.0. The molecule has 212 valence electrons. The van der Waals surface area contributed by atoms with Crippen molar-refractivity contribution in [2.75, 3.05) is 19.8 Å². The number of carbonyl (C=O) groups is 6. The van der Waals surface area contributed by atoms with Gasteiger partial charge in [-0.05, 0) is 18.2 Å². The normalized spacial score (nSPS) is 12.0. The van der Waals surface area contributed by atoms with Crippen molar-refractivity contribution in [3.63, 3.8) is 0 Å². The number of Topliss-reactive ketones (excluding diaryl/α,β-unsaturated/α-hetero) is 2. The first-order valence-corrected chi connectivity index (χ1v) is 11.8. The van der Waals surface area contributed by atoms with Crippen LogP contribution in [0.3, 0.4) is 0 Å². The van der Waals surface area contributed by atoms with Crippen LogP contribution in [0.4, 0.5) is 11.4 Å². The van der Waals surface area contributed by atoms with Crippen LogP contribution in [0, 0.1) is 20.2 Å². The molecule has 0 aliphatic carbocycles. The standard InChI is InChI=1S/C27H17N3O12/c31-22(15-3-1-5-18(9-15)29(37)38)13-41-24(33)12-28-25(34)20-8-7-17(11-21(20)26(28)35)27(36)42-14-23(32)16-4-2-6-19(10-16)30(39)40/h1-11H,12-14H2. The third-order valence-corrected chi connectivity index (χ3v) is 5.95. The van der Waals surface area contributed by atoms with Crippen LogP contribution in [0.1, 0.15) is 51.8 Å². The maximum Gasteiger partial charge on any atom is 0.338 e. The van der Waals surface area contributed by atoms with Crippen LogP contribution in [0.5, 0.6) is 0 Å². The number of nitro benzene ring substituents is 2. The highest BCUT2D eigenvalue weighted by Gasteiger charge is 2.37. The Balaban J connectivity index is 1.35. The molecule has 0 N–H and O–H groups in total. The lowest BCUT2D eigenvalue weighted by Gasteiger charge is -2.12. The van der Waals surface area contributed by atoms with Crippen molar-refractivity contribution in [1.82, 2.24) is 4.90 Å². The smallest absolute Gasteiger partial charge is 0.338 e. The molecule has 0 atom stereocenters. The fourth-order valence-electron chi connectivity index (χ4n) is 3.85. The van der Waals surface area contributed by atoms with Crippen molar-refractivity contribution in [3.8, 4) is 0 Å². The molecule has 0 bridgehead atoms. The number of ketones is 2. The molecule has 15 heteroatoms. The average molecular weight is 575 g/mol. The number of imide groups is 1. The Morgan fingerprint density at radius 1 is 0.667 bits per heavy atom. The Labute approximate surface area is 234 Å². The second-order valence-electron chi connectivity index (χ2n) is 8.65. The van der Waals surface area contributed by atoms with Gasteiger partial charge in [-0.25, -0.2) is 4.79 Å². The molecule has 0 aromatic heterocycles. The number of nitrogens with zero attached hydrogens (tertiary/aromatic N) is 3. The van der Waals surface area contributed by atoms with E-state index in [1.54, 1.807) is 0 Å². The average Bonchev–Trinajstić information content (AvgIpc) is 3.22. The number of hydrogen-bond donors (Lipinski definition) is 0. The fraction of sp³-hybridized carbons (Fsp3) is 0.111. The molecule has 3 aromatic carbocycles. The van der Waals surface area contributed by atoms with Crippen molar-refractivity contribution in [2.24, 2.45) is 0 Å². The van der Waals surface area contributed by atoms with Gasteiger partial charge in [-0.2, -0.15) is 0 Å². The minimum absolute atomic E-state index is 0.0546. The molecule has 1 aliphatic heterocycles. The van der Waals surface area contributed by atoms with Crippen molar-refractivity contribution in [2.45, 2.75) is 0 Å². The minimum atomic E-state index is -1.11. The van der Waals surface area contributed by atoms with E-state index in [9.17, 15) is 49.0 Å². The lowest BCUT2D eigenvalue weighted by atomic mass is 10.1. The van der Waals surface area contributed by atoms with Crippen LogP contribution < -0.4 is 0 Å². The van der Waals surface area contributed by atoms with Crippen LogP contribution in [-0.2, 0) is 14.3 Å². The van der Waals surface area contributed by atoms with Crippen molar-refractivity contribution in [1.29, 1.82) is 0 Å². The van der Waals surface area contributed by atoms with Gasteiger partial charge in [-0.1, -0.05) is 24.3 Å². The summed E-state index contributed by atoms with van der Waals surface area (Å²) in [5.74, 6) is -5.39. The molecule has 2 amide bonds. The first-order valence-electron chi connectivity index (χ1n) is 11.8. The molecule has 0 saturated carbocycles. The largest absolute Gasteiger partial charge is 0.456 e. The van der Waals surface area contributed by atoms with Gasteiger partial charge in [0.05, 0.1) is 26.5 Å². The number of amides is 2. The first-order chi connectivity index (χ1) is 20.0. The van der Waals surface area contributed by atoms with Crippen LogP contribution in [0.2, 0.25) is 0 Å². The quantitative estimate of drug-likeness (QED) is 0.106. The van der Waals surface area contributed by atoms with Gasteiger partial charge in [0.15, 0.2) is 13.2 Å². The van der Waals surface area contributed by atoms with E-state index in [1.807, 2.05) is 0 Å². The highest BCUT2D eigenvalue weighted by atomic mass is 16.6. The monoisotopic (exact) mass is 575 g/mol. The third kappa shape index (κ3) is 6.20. The molecule has 0 fully saturated rings. The summed E-state index contributed by atoms with van der Waals surface area (Å²) in [5, 5.41) is 21.8. The van der Waals surface area contributed by atoms with Gasteiger partial charge in [0, 0.05) is 35.4 Å². The van der Waals surface area contributed by atoms with Crippen LogP contribution in [0.25, 0.3) is 0 Å². The van der Waals surface area contributed by atoms with E-state index in [4.69, 9.17) is 9.47 Å². The highest BCUT2D eigenvalue weighted by molar-refractivity contribution is 6.22. The molecule has 0 unspecified atom stereocenters. The predicted molar refractivity (Wildman–Crippen MR) is 138 cm³/mol. The number of nitro groups is 2. The van der Waals surface area contributed by atoms with Crippen LogP contribution in [-0.4, -0.2) is 69.8 Å². The van der Waals surface area contributed by atoms with Gasteiger partial charge in [0.1, 0.15) is 6.54 Å². The van der Waals surface area contributed by atoms with E-state index in [0.717, 1.165) is 24.3 Å². The second-order valence-corrected chi connectivity index (χ2v) is 8.65. The summed E-state index contributed by atoms with van der Waals surface area (Å²) in [7, 11) is 0. The minimum Gasteiger partial charge on any atom is -0.456 e. The molecule has 0 radical (unpaired) electrons. The summed E-state index contributed by atoms with van der Waals surface area (Å²) >= 11 is 0. The summed E-state index contributed by atoms with van der Waals surface area (Å²) < 4.78 is 9.80. The number of ether oxygens (including phenoxy) is 2. The number of non-ortho nitro benzene ring substituents is 2. The fourth-order valence-corrected chi connectivity index (χ4v) is 3.85. The van der Waals surface area contributed by atoms with E-state index in [2.05, 4.69) is 0 Å². The number of esters is 2. The molecule has 1 heterocycles. The molecule has 1 aliphatic rings. The molecule has 4 rings (SSSR count). The zero-order valence-electron chi connectivity index (χ0n) is 21.2. The summed E-state index contributed by atoms with van der Waals surface area (Å²) in [6.07, 6.45) is 0. The number of benzene rings is 3. The Kier molecular flexibility index (Phi) is 8.22. The third-order valence-electron chi connectivity index (χ3n) is 5.95. The van der Waals surface area contributed by atoms with Crippen molar-refractivity contribution < 1.29 is 48.1 Å². The molecule has 42 heavy (non-hydrogen) atoms. The summed E-state index contributed by atoms with van der Waals surface area (Å²) in [4.78, 5) is 95.8. The van der Waals surface area contributed by atoms with Crippen LogP contribution >= 0.6 is 0 Å². The van der Waals surface area contributed by atoms with Gasteiger partial charge >= 0.3 is 11.9 Å². The van der Waals surface area contributed by atoms with Gasteiger partial charge < -0.3 is 9.47 Å². The summed E-state index contributed by atoms with van der Waals surface area (Å²) in [5.41, 5.74) is -1.32. The number of carbonyl (C=O) groups excluding carboxylic acids is 6. The molecule has 15 nitrogen and oxygen atoms in total. The first kappa shape index (κ1) is 28.9. The number of hydrogen-bond acceptors (Lipinski definition) is 12. The lowest BCUT2D eigenvalue weighted by molar-refractivity contribution is -0.385. The number of fused-ring (bicyclic) bond motifs is 1. The Bertz CT molecular complexity index is 1700. The Morgan fingerprint density at radius 3 is 1.74 bits per heavy atom. The van der Waals surface area contributed by atoms with E-state index in [1.165, 1.54) is 42.5 Å². The Hall–Kier alpha value is -6.12. The summed E-state index contributed by atoms with van der Waals surface area (Å²) in [6.45, 7) is -2.41. The predicted octanol–water partition coefficient (Wildman–Crippen LogP) is 2.56. The van der Waals surface area contributed by atoms with Gasteiger partial charge in [-0.15, -0.1) is 0 Å². The molecule has 0 saturated heterocycles. The van der Waals surface area contributed by atoms with Crippen molar-refractivity contribution in [3.05, 3.63) is 115 Å². The summed E-state index contributed by atoms with van der Waals surface area (Å²) in [6, 6.07) is 13.0. The van der Waals surface area contributed by atoms with E-state index in [-0.39, 0.29) is 39.2 Å². The SMILES string of the molecule is O=C(CN1C(=O)c2ccc(C(=O)OCC(=O)c3cccc([N+](=O)[O-])c3)cc2C1=O)OCC(=O)c1cccc([N+](=O)[O-])c1. The van der Waals surface area contributed by atoms with E-state index >= 15 is 0 Å². The molecular weight excluding hydrogens is 558 g/mol. The van der Waals surface area contributed by atoms with Crippen molar-refractivity contribution >= 4 is 46.7 Å². The molecule has 0 spiro atoms. The molecule has 3 aromatic rings. The highest BCUT2D eigenvalue weighted by Crippen LogP contribution is 2.24.